The third-order valence-electron chi connectivity index (χ3n) is 1.64. The number of hydrogen-bond acceptors (Lipinski definition) is 2. The van der Waals surface area contributed by atoms with E-state index < -0.39 is 6.09 Å². The molecule has 1 amide bonds. The molecule has 1 aromatic heterocycles. The van der Waals surface area contributed by atoms with Gasteiger partial charge in [0.1, 0.15) is 5.00 Å². The number of carbonyl (C=O) groups is 1. The summed E-state index contributed by atoms with van der Waals surface area (Å²) in [6.45, 7) is 2.17. The van der Waals surface area contributed by atoms with Crippen molar-refractivity contribution in [1.29, 1.82) is 0 Å². The summed E-state index contributed by atoms with van der Waals surface area (Å²) in [6.07, 6.45) is -0.355. The molecule has 0 fully saturated rings. The SMILES string of the molecule is CC#CCCN(C(=O)O)c1cccs1. The molecule has 0 spiro atoms. The molecule has 3 nitrogen and oxygen atoms in total. The van der Waals surface area contributed by atoms with Crippen LogP contribution in [0.1, 0.15) is 13.3 Å². The number of thiophene rings is 1. The Morgan fingerprint density at radius 2 is 2.50 bits per heavy atom. The summed E-state index contributed by atoms with van der Waals surface area (Å²) in [6, 6.07) is 3.62. The molecule has 0 aliphatic carbocycles. The van der Waals surface area contributed by atoms with Crippen LogP contribution >= 0.6 is 11.3 Å². The number of amides is 1. The largest absolute Gasteiger partial charge is 0.465 e. The quantitative estimate of drug-likeness (QED) is 0.777. The van der Waals surface area contributed by atoms with Gasteiger partial charge in [0.2, 0.25) is 0 Å². The van der Waals surface area contributed by atoms with Crippen LogP contribution in [-0.4, -0.2) is 17.7 Å². The maximum Gasteiger partial charge on any atom is 0.412 e. The van der Waals surface area contributed by atoms with Gasteiger partial charge < -0.3 is 5.11 Å². The summed E-state index contributed by atoms with van der Waals surface area (Å²) < 4.78 is 0. The van der Waals surface area contributed by atoms with Crippen LogP contribution in [0.2, 0.25) is 0 Å². The third-order valence-corrected chi connectivity index (χ3v) is 2.53. The summed E-state index contributed by atoms with van der Waals surface area (Å²) in [5, 5.41) is 11.5. The Hall–Kier alpha value is -1.47. The van der Waals surface area contributed by atoms with Gasteiger partial charge in [0.25, 0.3) is 0 Å². The van der Waals surface area contributed by atoms with Gasteiger partial charge in [0, 0.05) is 13.0 Å². The number of rotatable bonds is 3. The van der Waals surface area contributed by atoms with E-state index in [9.17, 15) is 4.79 Å². The smallest absolute Gasteiger partial charge is 0.412 e. The van der Waals surface area contributed by atoms with Crippen molar-refractivity contribution >= 4 is 22.4 Å². The Balaban J connectivity index is 2.64. The Bertz CT molecular complexity index is 348. The highest BCUT2D eigenvalue weighted by molar-refractivity contribution is 7.14. The Labute approximate surface area is 87.0 Å². The van der Waals surface area contributed by atoms with Crippen molar-refractivity contribution in [3.63, 3.8) is 0 Å². The Morgan fingerprint density at radius 1 is 1.71 bits per heavy atom. The summed E-state index contributed by atoms with van der Waals surface area (Å²) in [5.41, 5.74) is 0. The van der Waals surface area contributed by atoms with E-state index in [0.717, 1.165) is 5.00 Å². The summed E-state index contributed by atoms with van der Waals surface area (Å²) in [4.78, 5) is 12.2. The molecule has 1 rings (SSSR count). The molecule has 0 saturated carbocycles. The second-order valence-electron chi connectivity index (χ2n) is 2.56. The Morgan fingerprint density at radius 3 is 3.00 bits per heavy atom. The lowest BCUT2D eigenvalue weighted by molar-refractivity contribution is 0.202. The van der Waals surface area contributed by atoms with Gasteiger partial charge in [0.05, 0.1) is 0 Å². The van der Waals surface area contributed by atoms with Crippen molar-refractivity contribution in [2.24, 2.45) is 0 Å². The molecule has 0 aromatic carbocycles. The predicted molar refractivity (Wildman–Crippen MR) is 57.8 cm³/mol. The number of carboxylic acid groups (broad SMARTS) is 1. The fraction of sp³-hybridized carbons (Fsp3) is 0.300. The molecule has 0 aliphatic heterocycles. The van der Waals surface area contributed by atoms with Gasteiger partial charge in [-0.25, -0.2) is 4.79 Å². The zero-order valence-electron chi connectivity index (χ0n) is 7.86. The molecule has 1 heterocycles. The average Bonchev–Trinajstić information content (AvgIpc) is 2.64. The standard InChI is InChI=1S/C10H11NO2S/c1-2-3-4-7-11(10(12)13)9-6-5-8-14-9/h5-6,8H,4,7H2,1H3,(H,12,13). The van der Waals surface area contributed by atoms with Crippen LogP contribution in [0.3, 0.4) is 0 Å². The zero-order chi connectivity index (χ0) is 10.4. The number of nitrogens with zero attached hydrogens (tertiary/aromatic N) is 1. The zero-order valence-corrected chi connectivity index (χ0v) is 8.67. The van der Waals surface area contributed by atoms with E-state index in [1.165, 1.54) is 16.2 Å². The van der Waals surface area contributed by atoms with Crippen LogP contribution in [0.15, 0.2) is 17.5 Å². The molecule has 14 heavy (non-hydrogen) atoms. The first kappa shape index (κ1) is 10.6. The van der Waals surface area contributed by atoms with Crippen LogP contribution in [0.4, 0.5) is 9.80 Å². The average molecular weight is 209 g/mol. The maximum atomic E-state index is 10.9. The van der Waals surface area contributed by atoms with E-state index in [2.05, 4.69) is 11.8 Å². The van der Waals surface area contributed by atoms with Crippen LogP contribution in [-0.2, 0) is 0 Å². The van der Waals surface area contributed by atoms with Gasteiger partial charge in [-0.15, -0.1) is 23.2 Å². The van der Waals surface area contributed by atoms with Crippen LogP contribution in [0.5, 0.6) is 0 Å². The van der Waals surface area contributed by atoms with Crippen molar-refractivity contribution in [3.8, 4) is 11.8 Å². The minimum atomic E-state index is -0.926. The third kappa shape index (κ3) is 2.79. The second-order valence-corrected chi connectivity index (χ2v) is 3.49. The topological polar surface area (TPSA) is 40.5 Å². The summed E-state index contributed by atoms with van der Waals surface area (Å²) in [7, 11) is 0. The summed E-state index contributed by atoms with van der Waals surface area (Å²) in [5.74, 6) is 5.59. The van der Waals surface area contributed by atoms with Crippen LogP contribution in [0, 0.1) is 11.8 Å². The fourth-order valence-corrected chi connectivity index (χ4v) is 1.77. The van der Waals surface area contributed by atoms with Gasteiger partial charge in [-0.05, 0) is 24.4 Å². The molecule has 1 aromatic rings. The highest BCUT2D eigenvalue weighted by atomic mass is 32.1. The highest BCUT2D eigenvalue weighted by Gasteiger charge is 2.13. The molecule has 0 radical (unpaired) electrons. The molecular formula is C10H11NO2S. The normalized spacial score (nSPS) is 8.93. The van der Waals surface area contributed by atoms with Gasteiger partial charge in [-0.1, -0.05) is 0 Å². The molecular weight excluding hydrogens is 198 g/mol. The maximum absolute atomic E-state index is 10.9. The molecule has 1 N–H and O–H groups in total. The molecule has 74 valence electrons. The van der Waals surface area contributed by atoms with E-state index in [-0.39, 0.29) is 0 Å². The molecule has 0 unspecified atom stereocenters. The first-order valence-corrected chi connectivity index (χ1v) is 5.07. The molecule has 4 heteroatoms. The minimum Gasteiger partial charge on any atom is -0.465 e. The first-order chi connectivity index (χ1) is 6.75. The molecule has 0 atom stereocenters. The van der Waals surface area contributed by atoms with Crippen molar-refractivity contribution in [2.45, 2.75) is 13.3 Å². The van der Waals surface area contributed by atoms with Gasteiger partial charge >= 0.3 is 6.09 Å². The lowest BCUT2D eigenvalue weighted by Gasteiger charge is -2.15. The molecule has 0 saturated heterocycles. The van der Waals surface area contributed by atoms with E-state index >= 15 is 0 Å². The van der Waals surface area contributed by atoms with Crippen molar-refractivity contribution in [1.82, 2.24) is 0 Å². The van der Waals surface area contributed by atoms with Gasteiger partial charge in [-0.3, -0.25) is 4.90 Å². The van der Waals surface area contributed by atoms with E-state index in [0.29, 0.717) is 13.0 Å². The van der Waals surface area contributed by atoms with E-state index in [4.69, 9.17) is 5.11 Å². The number of anilines is 1. The highest BCUT2D eigenvalue weighted by Crippen LogP contribution is 2.21. The van der Waals surface area contributed by atoms with Crippen molar-refractivity contribution in [2.75, 3.05) is 11.4 Å². The predicted octanol–water partition coefficient (Wildman–Crippen LogP) is 2.65. The fourth-order valence-electron chi connectivity index (χ4n) is 1.02. The van der Waals surface area contributed by atoms with Crippen molar-refractivity contribution < 1.29 is 9.90 Å². The van der Waals surface area contributed by atoms with Crippen LogP contribution < -0.4 is 4.90 Å². The molecule has 0 aliphatic rings. The monoisotopic (exact) mass is 209 g/mol. The van der Waals surface area contributed by atoms with Gasteiger partial charge in [0.15, 0.2) is 0 Å². The second kappa shape index (κ2) is 5.30. The van der Waals surface area contributed by atoms with E-state index in [1.807, 2.05) is 11.4 Å². The minimum absolute atomic E-state index is 0.427. The first-order valence-electron chi connectivity index (χ1n) is 4.19. The summed E-state index contributed by atoms with van der Waals surface area (Å²) >= 11 is 1.41. The van der Waals surface area contributed by atoms with Crippen molar-refractivity contribution in [3.05, 3.63) is 17.5 Å². The molecule has 0 bridgehead atoms. The van der Waals surface area contributed by atoms with Gasteiger partial charge in [-0.2, -0.15) is 0 Å². The van der Waals surface area contributed by atoms with E-state index in [1.54, 1.807) is 13.0 Å². The van der Waals surface area contributed by atoms with Crippen LogP contribution in [0.25, 0.3) is 0 Å². The number of hydrogen-bond donors (Lipinski definition) is 1. The lowest BCUT2D eigenvalue weighted by Crippen LogP contribution is -2.29. The lowest BCUT2D eigenvalue weighted by atomic mass is 10.4. The Kier molecular flexibility index (Phi) is 4.02.